The monoisotopic (exact) mass is 906 g/mol. The summed E-state index contributed by atoms with van der Waals surface area (Å²) in [6.07, 6.45) is 13.3. The van der Waals surface area contributed by atoms with Crippen LogP contribution in [0.15, 0.2) is 96.8 Å². The molecule has 0 saturated heterocycles. The van der Waals surface area contributed by atoms with E-state index in [0.29, 0.717) is 99.0 Å². The summed E-state index contributed by atoms with van der Waals surface area (Å²) in [7, 11) is 1.66. The van der Waals surface area contributed by atoms with Gasteiger partial charge in [0, 0.05) is 79.8 Å². The van der Waals surface area contributed by atoms with E-state index in [2.05, 4.69) is 121 Å². The molecule has 0 aliphatic carbocycles. The van der Waals surface area contributed by atoms with E-state index in [-0.39, 0.29) is 42.1 Å². The van der Waals surface area contributed by atoms with Crippen molar-refractivity contribution >= 4 is 34.8 Å². The number of nitrogens with zero attached hydrogens (tertiary/aromatic N) is 3. The molecular weight excluding hydrogens is 840 g/mol. The number of ether oxygens (including phenoxy) is 7. The summed E-state index contributed by atoms with van der Waals surface area (Å²) in [5, 5.41) is 2.73. The number of allylic oxidation sites excluding steroid dienone is 6. The molecule has 350 valence electrons. The molecule has 3 aliphatic rings. The predicted octanol–water partition coefficient (Wildman–Crippen LogP) is 2.04. The molecule has 64 heavy (non-hydrogen) atoms. The Morgan fingerprint density at radius 3 is 1.86 bits per heavy atom. The Bertz CT molecular complexity index is 1960. The lowest BCUT2D eigenvalue weighted by Crippen LogP contribution is -3.00. The minimum Gasteiger partial charge on any atom is -1.00 e. The molecule has 2 aromatic carbocycles. The molecule has 3 heterocycles. The highest BCUT2D eigenvalue weighted by Crippen LogP contribution is 2.47. The number of imide groups is 1. The van der Waals surface area contributed by atoms with Crippen molar-refractivity contribution in [1.29, 1.82) is 0 Å². The Balaban J connectivity index is 0.00000898. The maximum Gasteiger partial charge on any atom is 0.253 e. The van der Waals surface area contributed by atoms with Gasteiger partial charge in [0.2, 0.25) is 11.6 Å². The average Bonchev–Trinajstić information content (AvgIpc) is 3.80. The van der Waals surface area contributed by atoms with Gasteiger partial charge >= 0.3 is 0 Å². The normalized spacial score (nSPS) is 16.8. The molecule has 0 unspecified atom stereocenters. The zero-order valence-corrected chi connectivity index (χ0v) is 38.9. The second kappa shape index (κ2) is 27.1. The molecule has 3 amide bonds. The molecule has 0 spiro atoms. The van der Waals surface area contributed by atoms with Crippen molar-refractivity contribution in [3.05, 3.63) is 108 Å². The van der Waals surface area contributed by atoms with Crippen molar-refractivity contribution < 1.29 is 64.5 Å². The van der Waals surface area contributed by atoms with Crippen molar-refractivity contribution in [1.82, 2.24) is 10.2 Å². The number of rotatable bonds is 30. The third kappa shape index (κ3) is 14.8. The molecule has 2 aromatic rings. The van der Waals surface area contributed by atoms with E-state index in [1.165, 1.54) is 46.1 Å². The Labute approximate surface area is 385 Å². The lowest BCUT2D eigenvalue weighted by molar-refractivity contribution is -0.442. The van der Waals surface area contributed by atoms with Crippen molar-refractivity contribution in [2.45, 2.75) is 44.9 Å². The van der Waals surface area contributed by atoms with Gasteiger partial charge in [0.05, 0.1) is 84.7 Å². The van der Waals surface area contributed by atoms with Crippen molar-refractivity contribution in [2.75, 3.05) is 124 Å². The van der Waals surface area contributed by atoms with Gasteiger partial charge in [0.25, 0.3) is 11.8 Å². The molecule has 0 radical (unpaired) electrons. The number of anilines is 1. The lowest BCUT2D eigenvalue weighted by Gasteiger charge is -2.27. The number of benzene rings is 2. The van der Waals surface area contributed by atoms with Gasteiger partial charge in [-0.1, -0.05) is 68.5 Å². The number of carbonyl (C=O) groups is 3. The van der Waals surface area contributed by atoms with Gasteiger partial charge in [0.15, 0.2) is 12.3 Å². The minimum absolute atomic E-state index is 0. The smallest absolute Gasteiger partial charge is 0.253 e. The van der Waals surface area contributed by atoms with E-state index in [0.717, 1.165) is 11.4 Å². The standard InChI is InChI=1S/C49H66N4O10.ClH/c1-48(2)39-13-9-11-15-41(39)51(24-27-59-32-35-62-34-31-58-26-22-50-45(54)21-23-53-46(55)19-20-47(53)56)43(48)17-7-6-8-18-44-49(3,4)40-14-10-12-16-42(40)52(44)25-28-60-33-36-63-38-37-61-30-29-57-5;/h6-20H,21-38H2,1-5H3;1H. The van der Waals surface area contributed by atoms with Crippen LogP contribution in [0.2, 0.25) is 0 Å². The number of halogens is 1. The summed E-state index contributed by atoms with van der Waals surface area (Å²) < 4.78 is 41.7. The number of nitrogens with one attached hydrogen (secondary N) is 1. The number of carbonyl (C=O) groups excluding carboxylic acids is 3. The van der Waals surface area contributed by atoms with Crippen LogP contribution in [0.5, 0.6) is 0 Å². The van der Waals surface area contributed by atoms with Crippen LogP contribution < -0.4 is 22.6 Å². The zero-order valence-electron chi connectivity index (χ0n) is 38.2. The first-order valence-corrected chi connectivity index (χ1v) is 22.0. The van der Waals surface area contributed by atoms with Crippen LogP contribution in [-0.4, -0.2) is 152 Å². The molecule has 14 nitrogen and oxygen atoms in total. The summed E-state index contributed by atoms with van der Waals surface area (Å²) >= 11 is 0. The van der Waals surface area contributed by atoms with Gasteiger partial charge in [0.1, 0.15) is 6.61 Å². The molecule has 15 heteroatoms. The summed E-state index contributed by atoms with van der Waals surface area (Å²) in [4.78, 5) is 38.6. The number of fused-ring (bicyclic) bond motifs is 2. The van der Waals surface area contributed by atoms with Gasteiger partial charge in [-0.25, -0.2) is 0 Å². The van der Waals surface area contributed by atoms with Crippen molar-refractivity contribution in [3.63, 3.8) is 0 Å². The Morgan fingerprint density at radius 2 is 1.20 bits per heavy atom. The third-order valence-corrected chi connectivity index (χ3v) is 11.2. The van der Waals surface area contributed by atoms with Crippen LogP contribution in [0.4, 0.5) is 11.4 Å². The molecule has 0 fully saturated rings. The van der Waals surface area contributed by atoms with E-state index in [1.807, 2.05) is 0 Å². The van der Waals surface area contributed by atoms with E-state index >= 15 is 0 Å². The van der Waals surface area contributed by atoms with E-state index < -0.39 is 11.8 Å². The number of amides is 3. The highest BCUT2D eigenvalue weighted by Gasteiger charge is 2.44. The summed E-state index contributed by atoms with van der Waals surface area (Å²) in [5.41, 5.74) is 7.07. The van der Waals surface area contributed by atoms with Gasteiger partial charge in [-0.3, -0.25) is 19.3 Å². The van der Waals surface area contributed by atoms with E-state index in [4.69, 9.17) is 33.2 Å². The van der Waals surface area contributed by atoms with E-state index in [9.17, 15) is 14.4 Å². The van der Waals surface area contributed by atoms with Crippen LogP contribution >= 0.6 is 0 Å². The highest BCUT2D eigenvalue weighted by atomic mass is 35.5. The largest absolute Gasteiger partial charge is 1.00 e. The fourth-order valence-electron chi connectivity index (χ4n) is 7.87. The molecule has 1 N–H and O–H groups in total. The van der Waals surface area contributed by atoms with Crippen LogP contribution in [0.3, 0.4) is 0 Å². The van der Waals surface area contributed by atoms with Gasteiger partial charge in [-0.15, -0.1) is 0 Å². The summed E-state index contributed by atoms with van der Waals surface area (Å²) in [6.45, 7) is 17.3. The minimum atomic E-state index is -0.394. The Morgan fingerprint density at radius 1 is 0.641 bits per heavy atom. The lowest BCUT2D eigenvalue weighted by atomic mass is 9.81. The molecule has 0 atom stereocenters. The van der Waals surface area contributed by atoms with Gasteiger partial charge in [-0.2, -0.15) is 4.58 Å². The van der Waals surface area contributed by atoms with Gasteiger partial charge < -0.3 is 55.8 Å². The first-order chi connectivity index (χ1) is 30.6. The van der Waals surface area contributed by atoms with Crippen molar-refractivity contribution in [2.24, 2.45) is 0 Å². The first-order valence-electron chi connectivity index (χ1n) is 22.0. The average molecular weight is 908 g/mol. The number of hydrogen-bond acceptors (Lipinski definition) is 11. The zero-order chi connectivity index (χ0) is 44.9. The number of methoxy groups -OCH3 is 1. The summed E-state index contributed by atoms with van der Waals surface area (Å²) in [5.74, 6) is -1.03. The molecular formula is C49H67ClN4O10. The Hall–Kier alpha value is -4.51. The maximum atomic E-state index is 12.0. The topological polar surface area (TPSA) is 137 Å². The molecule has 3 aliphatic heterocycles. The number of para-hydroxylation sites is 2. The predicted molar refractivity (Wildman–Crippen MR) is 243 cm³/mol. The molecule has 0 bridgehead atoms. The second-order valence-corrected chi connectivity index (χ2v) is 16.2. The van der Waals surface area contributed by atoms with Crippen LogP contribution in [0.25, 0.3) is 0 Å². The SMILES string of the molecule is COCCOCCOCCOCCN1/C(=C/C=C/C=C/C2=[N+](CCOCCOCCOCCNC(=O)CCN3C(=O)C=CC3=O)c3ccccc3C2(C)C)C(C)(C)c2ccccc21.[Cl-]. The van der Waals surface area contributed by atoms with Crippen LogP contribution in [-0.2, 0) is 58.4 Å². The highest BCUT2D eigenvalue weighted by molar-refractivity contribution is 6.13. The van der Waals surface area contributed by atoms with Gasteiger partial charge in [-0.05, 0) is 31.6 Å². The fraction of sp³-hybridized carbons (Fsp3) is 0.510. The molecule has 5 rings (SSSR count). The van der Waals surface area contributed by atoms with Crippen LogP contribution in [0, 0.1) is 0 Å². The molecule has 0 aromatic heterocycles. The maximum absolute atomic E-state index is 12.0. The second-order valence-electron chi connectivity index (χ2n) is 16.2. The van der Waals surface area contributed by atoms with E-state index in [1.54, 1.807) is 7.11 Å². The molecule has 0 saturated carbocycles. The third-order valence-electron chi connectivity index (χ3n) is 11.2. The fourth-order valence-corrected chi connectivity index (χ4v) is 7.87. The Kier molecular flexibility index (Phi) is 22.1. The van der Waals surface area contributed by atoms with Crippen molar-refractivity contribution in [3.8, 4) is 0 Å². The van der Waals surface area contributed by atoms with Crippen LogP contribution in [0.1, 0.15) is 45.2 Å². The number of hydrogen-bond donors (Lipinski definition) is 1. The first kappa shape index (κ1) is 52.1. The summed E-state index contributed by atoms with van der Waals surface area (Å²) in [6, 6.07) is 17.2. The quantitative estimate of drug-likeness (QED) is 0.0534.